The smallest absolute Gasteiger partial charge is 0.222 e. The number of pyridine rings is 1. The molecule has 0 spiro atoms. The molecule has 0 saturated carbocycles. The van der Waals surface area contributed by atoms with E-state index < -0.39 is 0 Å². The van der Waals surface area contributed by atoms with Gasteiger partial charge in [-0.2, -0.15) is 0 Å². The lowest BCUT2D eigenvalue weighted by Gasteiger charge is -2.18. The molecule has 1 aromatic carbocycles. The van der Waals surface area contributed by atoms with Gasteiger partial charge in [0.25, 0.3) is 0 Å². The Balaban J connectivity index is 1.77. The fourth-order valence-corrected chi connectivity index (χ4v) is 3.54. The van der Waals surface area contributed by atoms with E-state index in [0.29, 0.717) is 18.3 Å². The third-order valence-electron chi connectivity index (χ3n) is 3.96. The van der Waals surface area contributed by atoms with Gasteiger partial charge in [-0.05, 0) is 48.2 Å². The summed E-state index contributed by atoms with van der Waals surface area (Å²) in [5, 5.41) is 18.2. The average molecular weight is 354 g/mol. The summed E-state index contributed by atoms with van der Waals surface area (Å²) in [5.74, 6) is 1.25. The van der Waals surface area contributed by atoms with Crippen LogP contribution >= 0.6 is 11.3 Å². The largest absolute Gasteiger partial charge is 0.477 e. The zero-order chi connectivity index (χ0) is 17.4. The Bertz CT molecular complexity index is 1020. The molecular weight excluding hydrogens is 336 g/mol. The summed E-state index contributed by atoms with van der Waals surface area (Å²) < 4.78 is 7.12. The summed E-state index contributed by atoms with van der Waals surface area (Å²) in [6.07, 6.45) is 0.752. The van der Waals surface area contributed by atoms with Gasteiger partial charge in [-0.1, -0.05) is 12.1 Å². The third kappa shape index (κ3) is 3.18. The molecule has 4 rings (SSSR count). The van der Waals surface area contributed by atoms with Gasteiger partial charge in [-0.3, -0.25) is 0 Å². The number of ether oxygens (including phenoxy) is 1. The molecule has 0 fully saturated rings. The topological polar surface area (TPSA) is 103 Å². The highest BCUT2D eigenvalue weighted by Crippen LogP contribution is 2.35. The second-order valence-electron chi connectivity index (χ2n) is 6.65. The van der Waals surface area contributed by atoms with E-state index in [4.69, 9.17) is 15.5 Å². The molecule has 128 valence electrons. The molecule has 4 aromatic rings. The summed E-state index contributed by atoms with van der Waals surface area (Å²) in [4.78, 5) is 4.73. The number of hydrogen-bond acceptors (Lipinski definition) is 7. The second-order valence-corrected chi connectivity index (χ2v) is 7.57. The first-order valence-corrected chi connectivity index (χ1v) is 8.86. The molecule has 0 aliphatic carbocycles. The second kappa shape index (κ2) is 6.05. The van der Waals surface area contributed by atoms with Crippen molar-refractivity contribution in [3.8, 4) is 17.3 Å². The highest BCUT2D eigenvalue weighted by Gasteiger charge is 2.15. The molecule has 0 bridgehead atoms. The molecule has 0 aliphatic heterocycles. The number of aromatic nitrogens is 5. The maximum atomic E-state index is 6.04. The molecule has 7 nitrogen and oxygen atoms in total. The van der Waals surface area contributed by atoms with Gasteiger partial charge < -0.3 is 10.5 Å². The Morgan fingerprint density at radius 2 is 2.12 bits per heavy atom. The van der Waals surface area contributed by atoms with Gasteiger partial charge in [0, 0.05) is 21.2 Å². The summed E-state index contributed by atoms with van der Waals surface area (Å²) in [6, 6.07) is 8.05. The fraction of sp³-hybridized carbons (Fsp3) is 0.294. The van der Waals surface area contributed by atoms with Crippen LogP contribution in [-0.2, 0) is 0 Å². The number of hydrogen-bond donors (Lipinski definition) is 2. The van der Waals surface area contributed by atoms with Crippen LogP contribution < -0.4 is 10.5 Å². The molecule has 0 atom stereocenters. The van der Waals surface area contributed by atoms with E-state index in [2.05, 4.69) is 26.0 Å². The van der Waals surface area contributed by atoms with E-state index in [9.17, 15) is 0 Å². The SMILES string of the molecule is CC(C)(N)CCOc1nc2cc(-c3nnn[nH]3)ccc2c2sccc12. The van der Waals surface area contributed by atoms with Crippen LogP contribution in [0.25, 0.3) is 32.4 Å². The lowest BCUT2D eigenvalue weighted by atomic mass is 10.0. The molecular formula is C17H18N6OS. The average Bonchev–Trinajstić information content (AvgIpc) is 3.25. The van der Waals surface area contributed by atoms with Crippen LogP contribution in [0.15, 0.2) is 29.6 Å². The Kier molecular flexibility index (Phi) is 3.85. The minimum atomic E-state index is -0.267. The molecule has 0 unspecified atom stereocenters. The Morgan fingerprint density at radius 1 is 1.24 bits per heavy atom. The van der Waals surface area contributed by atoms with E-state index in [1.807, 2.05) is 38.1 Å². The predicted octanol–water partition coefficient (Wildman–Crippen LogP) is 3.14. The minimum Gasteiger partial charge on any atom is -0.477 e. The van der Waals surface area contributed by atoms with E-state index in [-0.39, 0.29) is 5.54 Å². The summed E-state index contributed by atoms with van der Waals surface area (Å²) >= 11 is 1.68. The molecule has 25 heavy (non-hydrogen) atoms. The molecule has 0 saturated heterocycles. The molecule has 0 radical (unpaired) electrons. The highest BCUT2D eigenvalue weighted by molar-refractivity contribution is 7.18. The van der Waals surface area contributed by atoms with E-state index >= 15 is 0 Å². The number of tetrazole rings is 1. The van der Waals surface area contributed by atoms with Crippen LogP contribution in [0.4, 0.5) is 0 Å². The van der Waals surface area contributed by atoms with Gasteiger partial charge in [-0.25, -0.2) is 10.1 Å². The van der Waals surface area contributed by atoms with Gasteiger partial charge in [0.15, 0.2) is 5.82 Å². The fourth-order valence-electron chi connectivity index (χ4n) is 2.62. The van der Waals surface area contributed by atoms with Crippen molar-refractivity contribution in [3.05, 3.63) is 29.6 Å². The van der Waals surface area contributed by atoms with Crippen LogP contribution in [0.1, 0.15) is 20.3 Å². The van der Waals surface area contributed by atoms with Crippen LogP contribution in [0.3, 0.4) is 0 Å². The van der Waals surface area contributed by atoms with Crippen LogP contribution in [0.5, 0.6) is 5.88 Å². The molecule has 0 amide bonds. The lowest BCUT2D eigenvalue weighted by Crippen LogP contribution is -2.33. The minimum absolute atomic E-state index is 0.267. The molecule has 0 aliphatic rings. The molecule has 3 heterocycles. The van der Waals surface area contributed by atoms with Crippen molar-refractivity contribution < 1.29 is 4.74 Å². The number of rotatable bonds is 5. The summed E-state index contributed by atoms with van der Waals surface area (Å²) in [5.41, 5.74) is 7.51. The maximum Gasteiger partial charge on any atom is 0.222 e. The summed E-state index contributed by atoms with van der Waals surface area (Å²) in [6.45, 7) is 4.50. The van der Waals surface area contributed by atoms with Crippen molar-refractivity contribution in [1.29, 1.82) is 0 Å². The van der Waals surface area contributed by atoms with Crippen LogP contribution in [0.2, 0.25) is 0 Å². The zero-order valence-electron chi connectivity index (χ0n) is 14.0. The van der Waals surface area contributed by atoms with Crippen molar-refractivity contribution in [2.75, 3.05) is 6.61 Å². The summed E-state index contributed by atoms with van der Waals surface area (Å²) in [7, 11) is 0. The molecule has 3 N–H and O–H groups in total. The first-order valence-electron chi connectivity index (χ1n) is 7.98. The van der Waals surface area contributed by atoms with Crippen LogP contribution in [-0.4, -0.2) is 37.8 Å². The number of nitrogens with one attached hydrogen (secondary N) is 1. The monoisotopic (exact) mass is 354 g/mol. The number of benzene rings is 1. The highest BCUT2D eigenvalue weighted by atomic mass is 32.1. The zero-order valence-corrected chi connectivity index (χ0v) is 14.8. The van der Waals surface area contributed by atoms with Crippen molar-refractivity contribution in [3.63, 3.8) is 0 Å². The Morgan fingerprint density at radius 3 is 2.88 bits per heavy atom. The Hall–Kier alpha value is -2.58. The van der Waals surface area contributed by atoms with Crippen molar-refractivity contribution in [1.82, 2.24) is 25.6 Å². The predicted molar refractivity (Wildman–Crippen MR) is 98.7 cm³/mol. The number of thiophene rings is 1. The standard InChI is InChI=1S/C17H18N6OS/c1-17(2,18)6-7-24-16-12-5-8-25-14(12)11-4-3-10(9-13(11)19-16)15-20-22-23-21-15/h3-5,8-9H,6-7,18H2,1-2H3,(H,20,21,22,23). The van der Waals surface area contributed by atoms with Gasteiger partial charge in [0.05, 0.1) is 17.5 Å². The number of nitrogens with two attached hydrogens (primary N) is 1. The van der Waals surface area contributed by atoms with Crippen molar-refractivity contribution in [2.45, 2.75) is 25.8 Å². The first kappa shape index (κ1) is 15.9. The van der Waals surface area contributed by atoms with E-state index in [1.54, 1.807) is 11.3 Å². The Labute approximate surface area is 148 Å². The van der Waals surface area contributed by atoms with Crippen LogP contribution in [0, 0.1) is 0 Å². The first-order chi connectivity index (χ1) is 12.0. The quantitative estimate of drug-likeness (QED) is 0.571. The molecule has 8 heteroatoms. The third-order valence-corrected chi connectivity index (χ3v) is 4.91. The number of fused-ring (bicyclic) bond motifs is 3. The van der Waals surface area contributed by atoms with E-state index in [0.717, 1.165) is 33.0 Å². The number of nitrogens with zero attached hydrogens (tertiary/aromatic N) is 4. The van der Waals surface area contributed by atoms with Crippen molar-refractivity contribution in [2.24, 2.45) is 5.73 Å². The van der Waals surface area contributed by atoms with Gasteiger partial charge in [-0.15, -0.1) is 16.4 Å². The van der Waals surface area contributed by atoms with E-state index in [1.165, 1.54) is 0 Å². The van der Waals surface area contributed by atoms with Gasteiger partial charge in [0.2, 0.25) is 5.88 Å². The number of aromatic amines is 1. The lowest BCUT2D eigenvalue weighted by molar-refractivity contribution is 0.269. The normalized spacial score (nSPS) is 12.1. The van der Waals surface area contributed by atoms with Crippen molar-refractivity contribution >= 4 is 32.3 Å². The number of H-pyrrole nitrogens is 1. The molecule has 3 aromatic heterocycles. The van der Waals surface area contributed by atoms with Gasteiger partial charge >= 0.3 is 0 Å². The maximum absolute atomic E-state index is 6.04. The van der Waals surface area contributed by atoms with Gasteiger partial charge in [0.1, 0.15) is 0 Å².